The zero-order chi connectivity index (χ0) is 15.5. The van der Waals surface area contributed by atoms with Crippen LogP contribution in [-0.4, -0.2) is 18.4 Å². The number of aromatic nitrogens is 2. The summed E-state index contributed by atoms with van der Waals surface area (Å²) in [6.07, 6.45) is 3.71. The summed E-state index contributed by atoms with van der Waals surface area (Å²) in [5.41, 5.74) is 1.12. The van der Waals surface area contributed by atoms with Gasteiger partial charge in [-0.1, -0.05) is 26.0 Å². The first-order valence-corrected chi connectivity index (χ1v) is 8.74. The number of hydrogen-bond donors (Lipinski definition) is 1. The fourth-order valence-corrected chi connectivity index (χ4v) is 3.04. The Hall–Kier alpha value is -1.47. The van der Waals surface area contributed by atoms with Gasteiger partial charge < -0.3 is 0 Å². The second-order valence-electron chi connectivity index (χ2n) is 5.07. The smallest absolute Gasteiger partial charge is 0.262 e. The molecule has 1 N–H and O–H groups in total. The number of nitrogens with zero attached hydrogens (tertiary/aromatic N) is 2. The molecule has 0 aliphatic heterocycles. The van der Waals surface area contributed by atoms with Gasteiger partial charge in [-0.15, -0.1) is 0 Å². The Morgan fingerprint density at radius 2 is 1.81 bits per heavy atom. The van der Waals surface area contributed by atoms with Crippen molar-refractivity contribution in [1.29, 1.82) is 0 Å². The van der Waals surface area contributed by atoms with E-state index < -0.39 is 10.0 Å². The van der Waals surface area contributed by atoms with Gasteiger partial charge in [-0.05, 0) is 46.0 Å². The van der Waals surface area contributed by atoms with Gasteiger partial charge in [0.05, 0.1) is 17.3 Å². The van der Waals surface area contributed by atoms with E-state index in [2.05, 4.69) is 44.5 Å². The van der Waals surface area contributed by atoms with Gasteiger partial charge in [0.25, 0.3) is 10.0 Å². The number of benzene rings is 1. The van der Waals surface area contributed by atoms with Crippen molar-refractivity contribution < 1.29 is 8.42 Å². The summed E-state index contributed by atoms with van der Waals surface area (Å²) in [7, 11) is -3.64. The molecule has 0 fully saturated rings. The summed E-state index contributed by atoms with van der Waals surface area (Å²) in [4.78, 5) is 8.09. The van der Waals surface area contributed by atoms with E-state index in [0.29, 0.717) is 10.5 Å². The number of rotatable bonds is 5. The van der Waals surface area contributed by atoms with E-state index in [1.165, 1.54) is 12.4 Å². The molecule has 2 aromatic rings. The van der Waals surface area contributed by atoms with Crippen LogP contribution in [0.2, 0.25) is 0 Å². The maximum atomic E-state index is 12.2. The van der Waals surface area contributed by atoms with E-state index in [4.69, 9.17) is 0 Å². The largest absolute Gasteiger partial charge is 0.263 e. The van der Waals surface area contributed by atoms with Crippen molar-refractivity contribution in [3.63, 3.8) is 0 Å². The third kappa shape index (κ3) is 4.50. The zero-order valence-electron chi connectivity index (χ0n) is 11.7. The molecule has 0 saturated carbocycles. The molecule has 0 aliphatic carbocycles. The van der Waals surface area contributed by atoms with Gasteiger partial charge in [0.1, 0.15) is 4.60 Å². The Morgan fingerprint density at radius 1 is 1.14 bits per heavy atom. The zero-order valence-corrected chi connectivity index (χ0v) is 14.1. The molecule has 7 heteroatoms. The van der Waals surface area contributed by atoms with Crippen LogP contribution in [0.4, 0.5) is 5.82 Å². The maximum Gasteiger partial charge on any atom is 0.263 e. The van der Waals surface area contributed by atoms with Gasteiger partial charge in [0.15, 0.2) is 5.82 Å². The Bertz CT molecular complexity index is 698. The monoisotopic (exact) mass is 369 g/mol. The second-order valence-corrected chi connectivity index (χ2v) is 7.57. The van der Waals surface area contributed by atoms with Crippen LogP contribution in [0, 0.1) is 5.92 Å². The predicted molar refractivity (Wildman–Crippen MR) is 85.5 cm³/mol. The van der Waals surface area contributed by atoms with Crippen LogP contribution >= 0.6 is 15.9 Å². The molecule has 0 amide bonds. The summed E-state index contributed by atoms with van der Waals surface area (Å²) in [5, 5.41) is 0. The Morgan fingerprint density at radius 3 is 2.33 bits per heavy atom. The highest BCUT2D eigenvalue weighted by atomic mass is 79.9. The maximum absolute atomic E-state index is 12.2. The summed E-state index contributed by atoms with van der Waals surface area (Å²) >= 11 is 3.15. The van der Waals surface area contributed by atoms with Gasteiger partial charge in [-0.2, -0.15) is 0 Å². The molecule has 0 unspecified atom stereocenters. The quantitative estimate of drug-likeness (QED) is 0.877. The number of hydrogen-bond acceptors (Lipinski definition) is 4. The minimum Gasteiger partial charge on any atom is -0.262 e. The van der Waals surface area contributed by atoms with E-state index in [1.807, 2.05) is 12.1 Å². The van der Waals surface area contributed by atoms with E-state index in [-0.39, 0.29) is 10.7 Å². The van der Waals surface area contributed by atoms with Crippen molar-refractivity contribution in [2.75, 3.05) is 4.72 Å². The molecule has 0 bridgehead atoms. The van der Waals surface area contributed by atoms with Crippen molar-refractivity contribution in [3.05, 3.63) is 46.8 Å². The van der Waals surface area contributed by atoms with Crippen molar-refractivity contribution in [2.45, 2.75) is 25.2 Å². The van der Waals surface area contributed by atoms with Crippen molar-refractivity contribution in [1.82, 2.24) is 9.97 Å². The van der Waals surface area contributed by atoms with Gasteiger partial charge >= 0.3 is 0 Å². The van der Waals surface area contributed by atoms with Crippen LogP contribution in [0.3, 0.4) is 0 Å². The molecule has 0 saturated heterocycles. The van der Waals surface area contributed by atoms with E-state index in [0.717, 1.165) is 12.0 Å². The lowest BCUT2D eigenvalue weighted by Gasteiger charge is -2.09. The van der Waals surface area contributed by atoms with Crippen LogP contribution in [-0.2, 0) is 16.4 Å². The molecule has 2 rings (SSSR count). The first-order chi connectivity index (χ1) is 9.87. The topological polar surface area (TPSA) is 72.0 Å². The average Bonchev–Trinajstić information content (AvgIpc) is 2.41. The molecule has 1 aromatic heterocycles. The molecule has 1 aromatic carbocycles. The fourth-order valence-electron chi connectivity index (χ4n) is 1.84. The van der Waals surface area contributed by atoms with Crippen LogP contribution in [0.5, 0.6) is 0 Å². The number of sulfonamides is 1. The van der Waals surface area contributed by atoms with Crippen molar-refractivity contribution >= 4 is 31.8 Å². The Kier molecular flexibility index (Phi) is 4.95. The third-order valence-electron chi connectivity index (χ3n) is 2.74. The highest BCUT2D eigenvalue weighted by Crippen LogP contribution is 2.16. The number of halogens is 1. The molecule has 21 heavy (non-hydrogen) atoms. The van der Waals surface area contributed by atoms with Crippen LogP contribution < -0.4 is 4.72 Å². The van der Waals surface area contributed by atoms with E-state index >= 15 is 0 Å². The van der Waals surface area contributed by atoms with Gasteiger partial charge in [0.2, 0.25) is 0 Å². The van der Waals surface area contributed by atoms with Crippen LogP contribution in [0.1, 0.15) is 19.4 Å². The minimum atomic E-state index is -3.64. The molecule has 0 radical (unpaired) electrons. The first kappa shape index (κ1) is 15.9. The molecule has 0 atom stereocenters. The fraction of sp³-hybridized carbons (Fsp3) is 0.286. The SMILES string of the molecule is CC(C)Cc1ccc(S(=O)(=O)Nc2cnc(Br)cn2)cc1. The molecule has 5 nitrogen and oxygen atoms in total. The van der Waals surface area contributed by atoms with Crippen molar-refractivity contribution in [2.24, 2.45) is 5.92 Å². The number of anilines is 1. The lowest BCUT2D eigenvalue weighted by Crippen LogP contribution is -2.14. The van der Waals surface area contributed by atoms with Gasteiger partial charge in [-0.25, -0.2) is 18.4 Å². The summed E-state index contributed by atoms with van der Waals surface area (Å²) in [5.74, 6) is 0.716. The lowest BCUT2D eigenvalue weighted by molar-refractivity contribution is 0.601. The lowest BCUT2D eigenvalue weighted by atomic mass is 10.0. The average molecular weight is 370 g/mol. The standard InChI is InChI=1S/C14H16BrN3O2S/c1-10(2)7-11-3-5-12(6-4-11)21(19,20)18-14-9-16-13(15)8-17-14/h3-6,8-10H,7H2,1-2H3,(H,17,18). The highest BCUT2D eigenvalue weighted by molar-refractivity contribution is 9.10. The number of nitrogens with one attached hydrogen (secondary N) is 1. The Labute approximate surface area is 133 Å². The van der Waals surface area contributed by atoms with Crippen molar-refractivity contribution in [3.8, 4) is 0 Å². The van der Waals surface area contributed by atoms with Crippen LogP contribution in [0.25, 0.3) is 0 Å². The molecular weight excluding hydrogens is 354 g/mol. The van der Waals surface area contributed by atoms with E-state index in [1.54, 1.807) is 12.1 Å². The Balaban J connectivity index is 2.17. The van der Waals surface area contributed by atoms with Gasteiger partial charge in [-0.3, -0.25) is 4.72 Å². The van der Waals surface area contributed by atoms with Gasteiger partial charge in [0, 0.05) is 0 Å². The van der Waals surface area contributed by atoms with Crippen LogP contribution in [0.15, 0.2) is 46.2 Å². The summed E-state index contributed by atoms with van der Waals surface area (Å²) < 4.78 is 27.4. The second kappa shape index (κ2) is 6.53. The third-order valence-corrected chi connectivity index (χ3v) is 4.52. The predicted octanol–water partition coefficient (Wildman–Crippen LogP) is 3.24. The first-order valence-electron chi connectivity index (χ1n) is 6.46. The molecule has 112 valence electrons. The molecule has 0 aliphatic rings. The summed E-state index contributed by atoms with van der Waals surface area (Å²) in [6, 6.07) is 6.88. The minimum absolute atomic E-state index is 0.185. The molecule has 0 spiro atoms. The highest BCUT2D eigenvalue weighted by Gasteiger charge is 2.15. The summed E-state index contributed by atoms with van der Waals surface area (Å²) in [6.45, 7) is 4.25. The molecule has 1 heterocycles. The van der Waals surface area contributed by atoms with E-state index in [9.17, 15) is 8.42 Å². The molecular formula is C14H16BrN3O2S. The normalized spacial score (nSPS) is 11.6.